The third kappa shape index (κ3) is 2.57. The number of rotatable bonds is 5. The minimum atomic E-state index is -0.900. The maximum Gasteiger partial charge on any atom is 0.303 e. The molecule has 4 rings (SSSR count). The van der Waals surface area contributed by atoms with Crippen molar-refractivity contribution in [1.82, 2.24) is 5.32 Å². The van der Waals surface area contributed by atoms with E-state index in [2.05, 4.69) is 12.2 Å². The van der Waals surface area contributed by atoms with E-state index in [1.165, 1.54) is 38.5 Å². The molecule has 4 fully saturated rings. The molecule has 1 atom stereocenters. The van der Waals surface area contributed by atoms with Crippen molar-refractivity contribution in [2.24, 2.45) is 23.2 Å². The van der Waals surface area contributed by atoms with Crippen molar-refractivity contribution in [3.63, 3.8) is 0 Å². The predicted molar refractivity (Wildman–Crippen MR) is 75.1 cm³/mol. The molecule has 0 aromatic heterocycles. The van der Waals surface area contributed by atoms with Gasteiger partial charge in [-0.25, -0.2) is 0 Å². The molecule has 4 nitrogen and oxygen atoms in total. The molecule has 4 heteroatoms. The van der Waals surface area contributed by atoms with Crippen LogP contribution in [-0.4, -0.2) is 23.0 Å². The van der Waals surface area contributed by atoms with E-state index >= 15 is 0 Å². The molecule has 0 aromatic carbocycles. The Hall–Kier alpha value is -1.06. The summed E-state index contributed by atoms with van der Waals surface area (Å²) >= 11 is 0. The van der Waals surface area contributed by atoms with Crippen LogP contribution in [0, 0.1) is 23.2 Å². The summed E-state index contributed by atoms with van der Waals surface area (Å²) in [6, 6.07) is 0.192. The average molecular weight is 279 g/mol. The molecule has 0 aliphatic heterocycles. The maximum absolute atomic E-state index is 11.9. The second-order valence-electron chi connectivity index (χ2n) is 7.46. The minimum absolute atomic E-state index is 0.0700. The van der Waals surface area contributed by atoms with Gasteiger partial charge < -0.3 is 10.4 Å². The highest BCUT2D eigenvalue weighted by Crippen LogP contribution is 2.61. The summed E-state index contributed by atoms with van der Waals surface area (Å²) in [4.78, 5) is 22.4. The minimum Gasteiger partial charge on any atom is -0.481 e. The molecule has 112 valence electrons. The van der Waals surface area contributed by atoms with Crippen LogP contribution in [0.25, 0.3) is 0 Å². The summed E-state index contributed by atoms with van der Waals surface area (Å²) in [7, 11) is 0. The number of carboxylic acids is 1. The van der Waals surface area contributed by atoms with E-state index < -0.39 is 5.97 Å². The third-order valence-corrected chi connectivity index (χ3v) is 5.95. The van der Waals surface area contributed by atoms with Gasteiger partial charge in [-0.3, -0.25) is 9.59 Å². The first-order valence-corrected chi connectivity index (χ1v) is 7.98. The van der Waals surface area contributed by atoms with Gasteiger partial charge in [-0.1, -0.05) is 0 Å². The number of aliphatic carboxylic acids is 1. The number of carboxylic acid groups (broad SMARTS) is 1. The van der Waals surface area contributed by atoms with Crippen molar-refractivity contribution in [3.8, 4) is 0 Å². The van der Waals surface area contributed by atoms with Crippen LogP contribution >= 0.6 is 0 Å². The van der Waals surface area contributed by atoms with Gasteiger partial charge in [0, 0.05) is 12.5 Å². The number of carbonyl (C=O) groups is 2. The van der Waals surface area contributed by atoms with Gasteiger partial charge in [0.25, 0.3) is 0 Å². The van der Waals surface area contributed by atoms with Crippen molar-refractivity contribution in [3.05, 3.63) is 0 Å². The van der Waals surface area contributed by atoms with E-state index in [9.17, 15) is 9.59 Å². The van der Waals surface area contributed by atoms with E-state index in [0.29, 0.717) is 5.41 Å². The molecule has 0 unspecified atom stereocenters. The Balaban J connectivity index is 1.60. The van der Waals surface area contributed by atoms with Gasteiger partial charge in [0.1, 0.15) is 0 Å². The van der Waals surface area contributed by atoms with Crippen molar-refractivity contribution in [1.29, 1.82) is 0 Å². The van der Waals surface area contributed by atoms with Crippen molar-refractivity contribution in [2.75, 3.05) is 0 Å². The van der Waals surface area contributed by atoms with Crippen LogP contribution < -0.4 is 5.32 Å². The molecule has 0 spiro atoms. The zero-order valence-corrected chi connectivity index (χ0v) is 12.2. The Labute approximate surface area is 120 Å². The first-order valence-electron chi connectivity index (χ1n) is 7.98. The van der Waals surface area contributed by atoms with Gasteiger partial charge in [0.05, 0.1) is 6.42 Å². The molecule has 4 saturated carbocycles. The van der Waals surface area contributed by atoms with Crippen LogP contribution in [0.3, 0.4) is 0 Å². The Kier molecular flexibility index (Phi) is 3.51. The highest BCUT2D eigenvalue weighted by Gasteiger charge is 2.53. The number of carbonyl (C=O) groups excluding carboxylic acids is 1. The normalized spacial score (nSPS) is 39.5. The molecule has 0 aromatic rings. The highest BCUT2D eigenvalue weighted by atomic mass is 16.4. The summed E-state index contributed by atoms with van der Waals surface area (Å²) in [6.07, 6.45) is 8.03. The van der Waals surface area contributed by atoms with Gasteiger partial charge in [-0.2, -0.15) is 0 Å². The van der Waals surface area contributed by atoms with Crippen LogP contribution in [0.2, 0.25) is 0 Å². The molecule has 4 aliphatic carbocycles. The van der Waals surface area contributed by atoms with Gasteiger partial charge in [0.15, 0.2) is 0 Å². The number of amides is 1. The number of hydrogen-bond donors (Lipinski definition) is 2. The average Bonchev–Trinajstić information content (AvgIpc) is 2.34. The number of nitrogens with one attached hydrogen (secondary N) is 1. The lowest BCUT2D eigenvalue weighted by Crippen LogP contribution is -2.55. The largest absolute Gasteiger partial charge is 0.481 e. The fourth-order valence-electron chi connectivity index (χ4n) is 5.40. The summed E-state index contributed by atoms with van der Waals surface area (Å²) in [6.45, 7) is 2.13. The summed E-state index contributed by atoms with van der Waals surface area (Å²) in [5.74, 6) is 1.62. The smallest absolute Gasteiger partial charge is 0.303 e. The Morgan fingerprint density at radius 2 is 1.60 bits per heavy atom. The van der Waals surface area contributed by atoms with E-state index in [4.69, 9.17) is 5.11 Å². The number of hydrogen-bond acceptors (Lipinski definition) is 2. The van der Waals surface area contributed by atoms with E-state index in [0.717, 1.165) is 17.8 Å². The zero-order valence-electron chi connectivity index (χ0n) is 12.2. The third-order valence-electron chi connectivity index (χ3n) is 5.95. The van der Waals surface area contributed by atoms with Crippen molar-refractivity contribution < 1.29 is 14.7 Å². The van der Waals surface area contributed by atoms with Crippen LogP contribution in [0.15, 0.2) is 0 Å². The van der Waals surface area contributed by atoms with Crippen molar-refractivity contribution >= 4 is 11.9 Å². The Bertz CT molecular complexity index is 383. The fraction of sp³-hybridized carbons (Fsp3) is 0.875. The monoisotopic (exact) mass is 279 g/mol. The fourth-order valence-corrected chi connectivity index (χ4v) is 5.40. The molecule has 4 bridgehead atoms. The predicted octanol–water partition coefficient (Wildman–Crippen LogP) is 2.57. The standard InChI is InChI=1S/C16H25NO3/c1-10(17-14(18)2-3-15(19)20)16-7-11-4-12(8-16)6-13(5-11)9-16/h10-13H,2-9H2,1H3,(H,17,18)(H,19,20)/t10-,11?,12?,13?,16?/m1/s1. The first kappa shape index (κ1) is 13.9. The quantitative estimate of drug-likeness (QED) is 0.813. The van der Waals surface area contributed by atoms with Crippen LogP contribution in [0.1, 0.15) is 58.3 Å². The molecule has 0 heterocycles. The molecule has 1 amide bonds. The second-order valence-corrected chi connectivity index (χ2v) is 7.46. The molecule has 0 saturated heterocycles. The van der Waals surface area contributed by atoms with Crippen LogP contribution in [0.5, 0.6) is 0 Å². The second kappa shape index (κ2) is 5.05. The van der Waals surface area contributed by atoms with E-state index in [1.807, 2.05) is 0 Å². The zero-order chi connectivity index (χ0) is 14.3. The topological polar surface area (TPSA) is 66.4 Å². The van der Waals surface area contributed by atoms with Gasteiger partial charge in [-0.15, -0.1) is 0 Å². The molecular weight excluding hydrogens is 254 g/mol. The van der Waals surface area contributed by atoms with Gasteiger partial charge in [-0.05, 0) is 68.6 Å². The molecule has 20 heavy (non-hydrogen) atoms. The molecule has 0 radical (unpaired) electrons. The Morgan fingerprint density at radius 1 is 1.10 bits per heavy atom. The Morgan fingerprint density at radius 3 is 2.05 bits per heavy atom. The van der Waals surface area contributed by atoms with Crippen LogP contribution in [0.4, 0.5) is 0 Å². The van der Waals surface area contributed by atoms with E-state index in [-0.39, 0.29) is 24.8 Å². The van der Waals surface area contributed by atoms with E-state index in [1.54, 1.807) is 0 Å². The lowest BCUT2D eigenvalue weighted by atomic mass is 9.48. The SMILES string of the molecule is C[C@@H](NC(=O)CCC(=O)O)C12CC3CC(CC(C3)C1)C2. The maximum atomic E-state index is 11.9. The lowest BCUT2D eigenvalue weighted by molar-refractivity contribution is -0.139. The van der Waals surface area contributed by atoms with Crippen LogP contribution in [-0.2, 0) is 9.59 Å². The first-order chi connectivity index (χ1) is 9.47. The molecule has 4 aliphatic rings. The highest BCUT2D eigenvalue weighted by molar-refractivity contribution is 5.80. The lowest BCUT2D eigenvalue weighted by Gasteiger charge is -2.59. The molecular formula is C16H25NO3. The summed E-state index contributed by atoms with van der Waals surface area (Å²) in [5.41, 5.74) is 0.299. The van der Waals surface area contributed by atoms with Gasteiger partial charge >= 0.3 is 5.97 Å². The molecule has 2 N–H and O–H groups in total. The summed E-state index contributed by atoms with van der Waals surface area (Å²) in [5, 5.41) is 11.7. The van der Waals surface area contributed by atoms with Gasteiger partial charge in [0.2, 0.25) is 5.91 Å². The summed E-state index contributed by atoms with van der Waals surface area (Å²) < 4.78 is 0. The van der Waals surface area contributed by atoms with Crippen molar-refractivity contribution in [2.45, 2.75) is 64.3 Å².